The Bertz CT molecular complexity index is 267. The van der Waals surface area contributed by atoms with Crippen LogP contribution in [-0.2, 0) is 9.53 Å². The number of hydrogen-bond donors (Lipinski definition) is 1. The van der Waals surface area contributed by atoms with Gasteiger partial charge < -0.3 is 9.84 Å². The van der Waals surface area contributed by atoms with Crippen LogP contribution in [0, 0.1) is 17.3 Å². The van der Waals surface area contributed by atoms with Crippen molar-refractivity contribution in [1.82, 2.24) is 0 Å². The maximum atomic E-state index is 11.9. The van der Waals surface area contributed by atoms with E-state index in [2.05, 4.69) is 27.7 Å². The third-order valence-corrected chi connectivity index (χ3v) is 5.05. The molecule has 0 aliphatic rings. The molecule has 120 valence electrons. The Balaban J connectivity index is 4.88. The van der Waals surface area contributed by atoms with E-state index < -0.39 is 6.10 Å². The zero-order valence-electron chi connectivity index (χ0n) is 14.2. The lowest BCUT2D eigenvalue weighted by Crippen LogP contribution is -2.43. The van der Waals surface area contributed by atoms with E-state index in [1.807, 2.05) is 13.8 Å². The number of ether oxygens (including phenoxy) is 1. The first-order valence-electron chi connectivity index (χ1n) is 8.26. The zero-order valence-corrected chi connectivity index (χ0v) is 14.2. The van der Waals surface area contributed by atoms with Crippen LogP contribution in [0.5, 0.6) is 0 Å². The van der Waals surface area contributed by atoms with Crippen LogP contribution in [0.4, 0.5) is 0 Å². The molecule has 0 aromatic heterocycles. The van der Waals surface area contributed by atoms with Gasteiger partial charge in [0.1, 0.15) is 0 Å². The van der Waals surface area contributed by atoms with Crippen LogP contribution < -0.4 is 0 Å². The van der Waals surface area contributed by atoms with E-state index in [1.54, 1.807) is 0 Å². The number of esters is 1. The number of carbonyl (C=O) groups is 1. The Hall–Kier alpha value is -0.570. The molecule has 0 rings (SSSR count). The molecule has 0 spiro atoms. The van der Waals surface area contributed by atoms with Crippen LogP contribution in [0.1, 0.15) is 73.6 Å². The standard InChI is InChI=1S/C17H34O3/c1-7-13(6)16(19)20-12-17(10-4,11-5)15(18)14(8-2)9-3/h13-15,18H,7-12H2,1-6H3. The highest BCUT2D eigenvalue weighted by Gasteiger charge is 2.39. The minimum absolute atomic E-state index is 0.0632. The van der Waals surface area contributed by atoms with E-state index in [9.17, 15) is 9.90 Å². The molecule has 0 aliphatic carbocycles. The van der Waals surface area contributed by atoms with Crippen LogP contribution in [0.3, 0.4) is 0 Å². The van der Waals surface area contributed by atoms with E-state index in [4.69, 9.17) is 4.74 Å². The van der Waals surface area contributed by atoms with Crippen LogP contribution in [0.15, 0.2) is 0 Å². The molecule has 0 radical (unpaired) electrons. The number of rotatable bonds is 10. The van der Waals surface area contributed by atoms with Gasteiger partial charge in [0.15, 0.2) is 0 Å². The average Bonchev–Trinajstić information content (AvgIpc) is 2.48. The molecule has 2 unspecified atom stereocenters. The minimum atomic E-state index is -0.405. The summed E-state index contributed by atoms with van der Waals surface area (Å²) in [6.07, 6.45) is 3.96. The van der Waals surface area contributed by atoms with Crippen LogP contribution >= 0.6 is 0 Å². The van der Waals surface area contributed by atoms with Crippen molar-refractivity contribution >= 4 is 5.97 Å². The first kappa shape index (κ1) is 19.4. The Labute approximate surface area is 125 Å². The Kier molecular flexibility index (Phi) is 9.11. The van der Waals surface area contributed by atoms with Gasteiger partial charge in [0.25, 0.3) is 0 Å². The van der Waals surface area contributed by atoms with Crippen molar-refractivity contribution in [2.45, 2.75) is 79.8 Å². The smallest absolute Gasteiger partial charge is 0.308 e. The highest BCUT2D eigenvalue weighted by Crippen LogP contribution is 2.37. The lowest BCUT2D eigenvalue weighted by molar-refractivity contribution is -0.157. The predicted octanol–water partition coefficient (Wildman–Crippen LogP) is 4.18. The Morgan fingerprint density at radius 1 is 1.05 bits per heavy atom. The molecule has 2 atom stereocenters. The molecule has 3 heteroatoms. The van der Waals surface area contributed by atoms with E-state index in [1.165, 1.54) is 0 Å². The maximum absolute atomic E-state index is 11.9. The third kappa shape index (κ3) is 4.76. The quantitative estimate of drug-likeness (QED) is 0.613. The molecule has 0 bridgehead atoms. The fourth-order valence-corrected chi connectivity index (χ4v) is 2.72. The molecule has 20 heavy (non-hydrogen) atoms. The van der Waals surface area contributed by atoms with Gasteiger partial charge in [-0.25, -0.2) is 0 Å². The molecular weight excluding hydrogens is 252 g/mol. The van der Waals surface area contributed by atoms with E-state index in [0.717, 1.165) is 32.1 Å². The molecule has 0 saturated heterocycles. The highest BCUT2D eigenvalue weighted by atomic mass is 16.5. The van der Waals surface area contributed by atoms with Crippen molar-refractivity contribution in [2.24, 2.45) is 17.3 Å². The molecule has 0 fully saturated rings. The van der Waals surface area contributed by atoms with Gasteiger partial charge >= 0.3 is 5.97 Å². The van der Waals surface area contributed by atoms with Crippen molar-refractivity contribution in [3.8, 4) is 0 Å². The summed E-state index contributed by atoms with van der Waals surface area (Å²) in [4.78, 5) is 11.9. The second-order valence-corrected chi connectivity index (χ2v) is 6.01. The minimum Gasteiger partial charge on any atom is -0.465 e. The first-order valence-corrected chi connectivity index (χ1v) is 8.26. The van der Waals surface area contributed by atoms with Gasteiger partial charge in [-0.3, -0.25) is 4.79 Å². The summed E-state index contributed by atoms with van der Waals surface area (Å²) in [5.74, 6) is 0.0689. The summed E-state index contributed by atoms with van der Waals surface area (Å²) in [5, 5.41) is 10.7. The third-order valence-electron chi connectivity index (χ3n) is 5.05. The average molecular weight is 286 g/mol. The normalized spacial score (nSPS) is 15.2. The molecule has 0 saturated carbocycles. The second-order valence-electron chi connectivity index (χ2n) is 6.01. The van der Waals surface area contributed by atoms with Crippen LogP contribution in [0.25, 0.3) is 0 Å². The number of carbonyl (C=O) groups excluding carboxylic acids is 1. The summed E-state index contributed by atoms with van der Waals surface area (Å²) < 4.78 is 5.50. The predicted molar refractivity (Wildman–Crippen MR) is 83.5 cm³/mol. The van der Waals surface area contributed by atoms with Gasteiger partial charge in [0, 0.05) is 5.41 Å². The SMILES string of the molecule is CCC(C)C(=O)OCC(CC)(CC)C(O)C(CC)CC. The lowest BCUT2D eigenvalue weighted by atomic mass is 9.71. The van der Waals surface area contributed by atoms with Crippen molar-refractivity contribution < 1.29 is 14.6 Å². The van der Waals surface area contributed by atoms with E-state index >= 15 is 0 Å². The van der Waals surface area contributed by atoms with Gasteiger partial charge in [0.05, 0.1) is 18.6 Å². The second kappa shape index (κ2) is 9.38. The van der Waals surface area contributed by atoms with Crippen molar-refractivity contribution in [3.63, 3.8) is 0 Å². The van der Waals surface area contributed by atoms with Gasteiger partial charge in [0.2, 0.25) is 0 Å². The highest BCUT2D eigenvalue weighted by molar-refractivity contribution is 5.71. The topological polar surface area (TPSA) is 46.5 Å². The molecule has 0 aliphatic heterocycles. The molecule has 0 heterocycles. The number of aliphatic hydroxyl groups is 1. The summed E-state index contributed by atoms with van der Waals surface area (Å²) in [5.41, 5.74) is -0.306. The lowest BCUT2D eigenvalue weighted by Gasteiger charge is -2.40. The number of hydrogen-bond acceptors (Lipinski definition) is 3. The summed E-state index contributed by atoms with van der Waals surface area (Å²) in [6.45, 7) is 12.6. The van der Waals surface area contributed by atoms with Crippen LogP contribution in [0.2, 0.25) is 0 Å². The molecule has 1 N–H and O–H groups in total. The summed E-state index contributed by atoms with van der Waals surface area (Å²) >= 11 is 0. The monoisotopic (exact) mass is 286 g/mol. The first-order chi connectivity index (χ1) is 9.42. The van der Waals surface area contributed by atoms with Gasteiger partial charge in [-0.05, 0) is 25.2 Å². The largest absolute Gasteiger partial charge is 0.465 e. The van der Waals surface area contributed by atoms with Gasteiger partial charge in [-0.15, -0.1) is 0 Å². The molecule has 3 nitrogen and oxygen atoms in total. The van der Waals surface area contributed by atoms with Gasteiger partial charge in [-0.1, -0.05) is 54.4 Å². The molecular formula is C17H34O3. The fourth-order valence-electron chi connectivity index (χ4n) is 2.72. The fraction of sp³-hybridized carbons (Fsp3) is 0.941. The van der Waals surface area contributed by atoms with Crippen molar-refractivity contribution in [2.75, 3.05) is 6.61 Å². The Morgan fingerprint density at radius 3 is 1.90 bits per heavy atom. The zero-order chi connectivity index (χ0) is 15.8. The van der Waals surface area contributed by atoms with E-state index in [-0.39, 0.29) is 23.2 Å². The van der Waals surface area contributed by atoms with E-state index in [0.29, 0.717) is 6.61 Å². The molecule has 0 aromatic rings. The Morgan fingerprint density at radius 2 is 1.55 bits per heavy atom. The summed E-state index contributed by atoms with van der Waals surface area (Å²) in [6, 6.07) is 0. The molecule has 0 aromatic carbocycles. The van der Waals surface area contributed by atoms with Gasteiger partial charge in [-0.2, -0.15) is 0 Å². The van der Waals surface area contributed by atoms with Crippen LogP contribution in [-0.4, -0.2) is 23.8 Å². The molecule has 0 amide bonds. The maximum Gasteiger partial charge on any atom is 0.308 e. The summed E-state index contributed by atoms with van der Waals surface area (Å²) in [7, 11) is 0. The number of aliphatic hydroxyl groups excluding tert-OH is 1. The van der Waals surface area contributed by atoms with Crippen molar-refractivity contribution in [3.05, 3.63) is 0 Å². The van der Waals surface area contributed by atoms with Crippen molar-refractivity contribution in [1.29, 1.82) is 0 Å².